The van der Waals surface area contributed by atoms with Crippen molar-refractivity contribution in [3.63, 3.8) is 0 Å². The maximum absolute atomic E-state index is 11.9. The first-order chi connectivity index (χ1) is 31.9. The number of allylic oxidation sites excluding steroid dienone is 6. The molecule has 0 bridgehead atoms. The Bertz CT molecular complexity index is 3370. The van der Waals surface area contributed by atoms with E-state index >= 15 is 0 Å². The molecule has 8 aromatic carbocycles. The van der Waals surface area contributed by atoms with E-state index in [1.165, 1.54) is 11.1 Å². The molecule has 9 aromatic rings. The van der Waals surface area contributed by atoms with E-state index in [0.717, 1.165) is 72.9 Å². The van der Waals surface area contributed by atoms with Crippen LogP contribution in [0.15, 0.2) is 218 Å². The molecular formula is C59H43B2N2O2. The second kappa shape index (κ2) is 17.6. The average Bonchev–Trinajstić information content (AvgIpc) is 3.50. The number of phenols is 2. The first kappa shape index (κ1) is 41.0. The molecule has 1 heterocycles. The van der Waals surface area contributed by atoms with Gasteiger partial charge in [-0.1, -0.05) is 24.3 Å². The zero-order valence-electron chi connectivity index (χ0n) is 35.9. The summed E-state index contributed by atoms with van der Waals surface area (Å²) in [6.45, 7) is 1.96. The van der Waals surface area contributed by atoms with Gasteiger partial charge in [0.2, 0.25) is 0 Å². The van der Waals surface area contributed by atoms with Crippen LogP contribution in [0.2, 0.25) is 0 Å². The predicted molar refractivity (Wildman–Crippen MR) is 276 cm³/mol. The van der Waals surface area contributed by atoms with E-state index in [-0.39, 0.29) is 28.2 Å². The van der Waals surface area contributed by atoms with Crippen LogP contribution in [0.25, 0.3) is 72.5 Å². The van der Waals surface area contributed by atoms with E-state index in [9.17, 15) is 10.2 Å². The summed E-state index contributed by atoms with van der Waals surface area (Å²) in [7, 11) is 14.1. The van der Waals surface area contributed by atoms with Crippen molar-refractivity contribution >= 4 is 65.8 Å². The fourth-order valence-corrected chi connectivity index (χ4v) is 9.06. The Morgan fingerprint density at radius 3 is 2.00 bits per heavy atom. The van der Waals surface area contributed by atoms with Crippen LogP contribution in [0.3, 0.4) is 0 Å². The second-order valence-corrected chi connectivity index (χ2v) is 16.2. The number of hydrogen-bond acceptors (Lipinski definition) is 3. The Balaban J connectivity index is 1.09. The number of nitrogens with zero attached hydrogens (tertiary/aromatic N) is 2. The summed E-state index contributed by atoms with van der Waals surface area (Å²) in [4.78, 5) is 1.64. The van der Waals surface area contributed by atoms with Crippen LogP contribution in [-0.2, 0) is 6.42 Å². The summed E-state index contributed by atoms with van der Waals surface area (Å²) >= 11 is 0. The van der Waals surface area contributed by atoms with Crippen molar-refractivity contribution in [1.29, 1.82) is 0 Å². The number of anilines is 2. The van der Waals surface area contributed by atoms with Crippen LogP contribution >= 0.6 is 0 Å². The summed E-state index contributed by atoms with van der Waals surface area (Å²) in [6.07, 6.45) is 13.2. The Kier molecular flexibility index (Phi) is 11.1. The van der Waals surface area contributed by atoms with Gasteiger partial charge in [-0.15, -0.1) is 0 Å². The summed E-state index contributed by atoms with van der Waals surface area (Å²) in [5.41, 5.74) is 14.3. The first-order valence-electron chi connectivity index (χ1n) is 21.8. The van der Waals surface area contributed by atoms with Gasteiger partial charge in [0.15, 0.2) is 0 Å². The van der Waals surface area contributed by atoms with Crippen LogP contribution in [0.4, 0.5) is 11.4 Å². The third kappa shape index (κ3) is 7.85. The molecular weight excluding hydrogens is 790 g/mol. The number of benzene rings is 8. The van der Waals surface area contributed by atoms with Crippen molar-refractivity contribution < 1.29 is 10.2 Å². The van der Waals surface area contributed by atoms with Crippen molar-refractivity contribution in [1.82, 2.24) is 4.57 Å². The van der Waals surface area contributed by atoms with Gasteiger partial charge in [0.25, 0.3) is 0 Å². The standard InChI is InChI=1S/C59H43B2N2O2/c1-2-39(43-28-30-44(31-29-43)40-16-6-3-7-17-40)36-52(60)59(61)63(58-55(64)37-47(38-56(58)65)41-18-8-4-9-19-41)48-23-14-22-46(35-48)50-25-15-27-54-57(50)51-24-12-13-26-53(51)62(54)49-33-32-42-20-10-5-11-21-45(42)34-49/h2-20,22-38,64-65H,21H2,1H3/b39-2+,52-36+. The molecule has 1 aliphatic rings. The Morgan fingerprint density at radius 2 is 1.26 bits per heavy atom. The third-order valence-electron chi connectivity index (χ3n) is 12.2. The molecule has 0 atom stereocenters. The van der Waals surface area contributed by atoms with E-state index in [0.29, 0.717) is 11.3 Å². The van der Waals surface area contributed by atoms with Crippen molar-refractivity contribution in [3.05, 3.63) is 235 Å². The molecule has 1 aromatic heterocycles. The van der Waals surface area contributed by atoms with E-state index in [1.807, 2.05) is 85.8 Å². The Morgan fingerprint density at radius 1 is 0.615 bits per heavy atom. The maximum atomic E-state index is 11.9. The summed E-state index contributed by atoms with van der Waals surface area (Å²) < 4.78 is 2.35. The molecule has 1 aliphatic carbocycles. The van der Waals surface area contributed by atoms with Crippen LogP contribution in [-0.4, -0.2) is 35.7 Å². The van der Waals surface area contributed by atoms with Gasteiger partial charge >= 0.3 is 348 Å². The van der Waals surface area contributed by atoms with Crippen molar-refractivity contribution in [3.8, 4) is 50.6 Å². The second-order valence-electron chi connectivity index (χ2n) is 16.2. The molecule has 0 saturated heterocycles. The van der Waals surface area contributed by atoms with E-state index in [1.54, 1.807) is 17.0 Å². The fraction of sp³-hybridized carbons (Fsp3) is 0.0339. The van der Waals surface area contributed by atoms with Gasteiger partial charge in [-0.25, -0.2) is 0 Å². The molecule has 0 spiro atoms. The molecule has 0 saturated carbocycles. The number of hydrogen-bond donors (Lipinski definition) is 2. The molecule has 0 aliphatic heterocycles. The molecule has 0 unspecified atom stereocenters. The Labute approximate surface area is 382 Å². The molecule has 3 radical (unpaired) electrons. The van der Waals surface area contributed by atoms with Gasteiger partial charge in [-0.05, 0) is 12.0 Å². The van der Waals surface area contributed by atoms with Gasteiger partial charge < -0.3 is 0 Å². The van der Waals surface area contributed by atoms with E-state index in [4.69, 9.17) is 15.3 Å². The average molecular weight is 834 g/mol. The van der Waals surface area contributed by atoms with Gasteiger partial charge in [0.1, 0.15) is 0 Å². The SMILES string of the molecule is [B]/C(=C/C(=C\C)c1ccc(-c2ccccc2)cc1)C(=[B])N(c1cccc(-c2cccc3c2c2ccccc2n3-c2ccc3c(c2)CC=CC=C3)c1)c1c(O)cc(-c2ccccc2)cc1O. The third-order valence-corrected chi connectivity index (χ3v) is 12.2. The molecule has 0 amide bonds. The zero-order chi connectivity index (χ0) is 44.4. The first-order valence-corrected chi connectivity index (χ1v) is 21.8. The molecule has 2 N–H and O–H groups in total. The topological polar surface area (TPSA) is 48.6 Å². The molecule has 0 fully saturated rings. The molecule has 65 heavy (non-hydrogen) atoms. The van der Waals surface area contributed by atoms with Crippen molar-refractivity contribution in [2.75, 3.05) is 4.90 Å². The Hall–Kier alpha value is -8.08. The number of rotatable bonds is 10. The van der Waals surface area contributed by atoms with E-state index < -0.39 is 0 Å². The van der Waals surface area contributed by atoms with Gasteiger partial charge in [0.05, 0.1) is 0 Å². The van der Waals surface area contributed by atoms with Gasteiger partial charge in [-0.2, -0.15) is 0 Å². The van der Waals surface area contributed by atoms with Crippen molar-refractivity contribution in [2.45, 2.75) is 13.3 Å². The number of phenolic OH excluding ortho intramolecular Hbond substituents is 2. The summed E-state index contributed by atoms with van der Waals surface area (Å²) in [5, 5.41) is 26.1. The normalized spacial score (nSPS) is 12.6. The van der Waals surface area contributed by atoms with E-state index in [2.05, 4.69) is 132 Å². The number of aromatic hydroxyl groups is 2. The number of fused-ring (bicyclic) bond motifs is 4. The summed E-state index contributed by atoms with van der Waals surface area (Å²) in [5.74, 6) is -0.325. The minimum atomic E-state index is -0.162. The number of aromatic nitrogens is 1. The molecule has 6 heteroatoms. The molecule has 10 rings (SSSR count). The van der Waals surface area contributed by atoms with Crippen molar-refractivity contribution in [2.24, 2.45) is 0 Å². The molecule has 4 nitrogen and oxygen atoms in total. The molecule has 307 valence electrons. The van der Waals surface area contributed by atoms with Crippen LogP contribution in [0, 0.1) is 0 Å². The monoisotopic (exact) mass is 833 g/mol. The fourth-order valence-electron chi connectivity index (χ4n) is 9.06. The quantitative estimate of drug-likeness (QED) is 0.107. The van der Waals surface area contributed by atoms with Crippen LogP contribution < -0.4 is 4.90 Å². The van der Waals surface area contributed by atoms with Crippen LogP contribution in [0.1, 0.15) is 23.6 Å². The zero-order valence-corrected chi connectivity index (χ0v) is 35.9. The summed E-state index contributed by atoms with van der Waals surface area (Å²) in [6, 6.07) is 61.1. The number of para-hydroxylation sites is 1. The predicted octanol–water partition coefficient (Wildman–Crippen LogP) is 13.9. The van der Waals surface area contributed by atoms with Gasteiger partial charge in [-0.3, -0.25) is 0 Å². The van der Waals surface area contributed by atoms with Gasteiger partial charge in [0, 0.05) is 0 Å². The van der Waals surface area contributed by atoms with Crippen LogP contribution in [0.5, 0.6) is 11.5 Å². The minimum absolute atomic E-state index is 0.104.